The van der Waals surface area contributed by atoms with Crippen LogP contribution >= 0.6 is 0 Å². The normalized spacial score (nSPS) is 29.7. The van der Waals surface area contributed by atoms with E-state index in [-0.39, 0.29) is 23.8 Å². The molecule has 0 spiro atoms. The van der Waals surface area contributed by atoms with E-state index in [2.05, 4.69) is 22.0 Å². The smallest absolute Gasteiger partial charge is 0.410 e. The maximum Gasteiger partial charge on any atom is 0.410 e. The lowest BCUT2D eigenvalue weighted by Crippen LogP contribution is -2.60. The SMILES string of the molecule is CCCC1(N2CCC(N3C(=O)N[C@H]4CCCC[C@@H]43)CC2)CCN(C(=O)OC(C)C)CC1. The van der Waals surface area contributed by atoms with Gasteiger partial charge in [0.1, 0.15) is 0 Å². The Morgan fingerprint density at radius 3 is 2.42 bits per heavy atom. The van der Waals surface area contributed by atoms with Crippen LogP contribution in [-0.4, -0.2) is 82.8 Å². The minimum atomic E-state index is -0.166. The average Bonchev–Trinajstić information content (AvgIpc) is 3.09. The molecule has 3 amide bonds. The van der Waals surface area contributed by atoms with E-state index >= 15 is 0 Å². The van der Waals surface area contributed by atoms with Crippen LogP contribution in [0.4, 0.5) is 9.59 Å². The fourth-order valence-electron chi connectivity index (χ4n) is 6.62. The number of hydrogen-bond donors (Lipinski definition) is 1. The van der Waals surface area contributed by atoms with E-state index in [4.69, 9.17) is 4.74 Å². The van der Waals surface area contributed by atoms with Gasteiger partial charge in [-0.05, 0) is 58.8 Å². The Bertz CT molecular complexity index is 639. The van der Waals surface area contributed by atoms with Gasteiger partial charge in [0.2, 0.25) is 0 Å². The monoisotopic (exact) mass is 434 g/mol. The summed E-state index contributed by atoms with van der Waals surface area (Å²) in [6.45, 7) is 9.76. The number of nitrogens with one attached hydrogen (secondary N) is 1. The lowest BCUT2D eigenvalue weighted by molar-refractivity contribution is -0.0167. The van der Waals surface area contributed by atoms with E-state index in [1.54, 1.807) is 0 Å². The zero-order valence-electron chi connectivity index (χ0n) is 19.8. The van der Waals surface area contributed by atoms with E-state index in [0.29, 0.717) is 18.1 Å². The summed E-state index contributed by atoms with van der Waals surface area (Å²) in [6.07, 6.45) is 11.1. The van der Waals surface area contributed by atoms with Gasteiger partial charge in [-0.3, -0.25) is 4.90 Å². The second-order valence-corrected chi connectivity index (χ2v) is 10.4. The number of hydrogen-bond acceptors (Lipinski definition) is 4. The Balaban J connectivity index is 1.35. The van der Waals surface area contributed by atoms with Crippen LogP contribution in [0.5, 0.6) is 0 Å². The average molecular weight is 435 g/mol. The van der Waals surface area contributed by atoms with Gasteiger partial charge in [-0.2, -0.15) is 0 Å². The molecule has 4 rings (SSSR count). The van der Waals surface area contributed by atoms with Crippen molar-refractivity contribution in [2.24, 2.45) is 0 Å². The molecule has 0 unspecified atom stereocenters. The van der Waals surface area contributed by atoms with Gasteiger partial charge >= 0.3 is 12.1 Å². The third-order valence-electron chi connectivity index (χ3n) is 8.16. The van der Waals surface area contributed by atoms with Gasteiger partial charge in [0.05, 0.1) is 18.2 Å². The molecule has 7 nitrogen and oxygen atoms in total. The molecular weight excluding hydrogens is 392 g/mol. The van der Waals surface area contributed by atoms with Crippen molar-refractivity contribution in [3.05, 3.63) is 0 Å². The standard InChI is InChI=1S/C24H42N4O3/c1-4-11-24(12-16-26(17-13-24)23(30)31-18(2)3)27-14-9-19(10-15-27)28-21-8-6-5-7-20(21)25-22(28)29/h18-21H,4-17H2,1-3H3,(H,25,29)/t20-,21-/m0/s1. The summed E-state index contributed by atoms with van der Waals surface area (Å²) in [4.78, 5) is 31.9. The molecule has 176 valence electrons. The van der Waals surface area contributed by atoms with Crippen molar-refractivity contribution in [1.29, 1.82) is 0 Å². The zero-order chi connectivity index (χ0) is 22.0. The van der Waals surface area contributed by atoms with Crippen LogP contribution in [-0.2, 0) is 4.74 Å². The van der Waals surface area contributed by atoms with Crippen molar-refractivity contribution < 1.29 is 14.3 Å². The summed E-state index contributed by atoms with van der Waals surface area (Å²) in [7, 11) is 0. The molecule has 0 aromatic rings. The first-order chi connectivity index (χ1) is 14.9. The van der Waals surface area contributed by atoms with E-state index in [1.807, 2.05) is 18.7 Å². The lowest BCUT2D eigenvalue weighted by Gasteiger charge is -2.52. The van der Waals surface area contributed by atoms with E-state index in [1.165, 1.54) is 19.3 Å². The van der Waals surface area contributed by atoms with Crippen LogP contribution in [0.1, 0.15) is 85.0 Å². The highest BCUT2D eigenvalue weighted by Gasteiger charge is 2.47. The lowest BCUT2D eigenvalue weighted by atomic mass is 9.80. The number of rotatable bonds is 5. The molecule has 3 heterocycles. The molecule has 0 radical (unpaired) electrons. The van der Waals surface area contributed by atoms with Gasteiger partial charge in [0.25, 0.3) is 0 Å². The molecule has 1 saturated carbocycles. The third kappa shape index (κ3) is 4.67. The first-order valence-electron chi connectivity index (χ1n) is 12.7. The predicted octanol–water partition coefficient (Wildman–Crippen LogP) is 3.97. The molecule has 0 aromatic heterocycles. The summed E-state index contributed by atoms with van der Waals surface area (Å²) in [5, 5.41) is 3.26. The third-order valence-corrected chi connectivity index (χ3v) is 8.16. The number of nitrogens with zero attached hydrogens (tertiary/aromatic N) is 3. The van der Waals surface area contributed by atoms with Crippen molar-refractivity contribution in [2.75, 3.05) is 26.2 Å². The molecule has 0 aromatic carbocycles. The fraction of sp³-hybridized carbons (Fsp3) is 0.917. The summed E-state index contributed by atoms with van der Waals surface area (Å²) >= 11 is 0. The van der Waals surface area contributed by atoms with E-state index < -0.39 is 0 Å². The number of carbonyl (C=O) groups is 2. The Morgan fingerprint density at radius 2 is 1.77 bits per heavy atom. The summed E-state index contributed by atoms with van der Waals surface area (Å²) in [5.41, 5.74) is 0.189. The first kappa shape index (κ1) is 22.7. The molecular formula is C24H42N4O3. The van der Waals surface area contributed by atoms with Gasteiger partial charge < -0.3 is 19.9 Å². The minimum Gasteiger partial charge on any atom is -0.447 e. The fourth-order valence-corrected chi connectivity index (χ4v) is 6.62. The van der Waals surface area contributed by atoms with Gasteiger partial charge in [-0.25, -0.2) is 9.59 Å². The summed E-state index contributed by atoms with van der Waals surface area (Å²) < 4.78 is 5.42. The molecule has 4 aliphatic rings. The zero-order valence-corrected chi connectivity index (χ0v) is 19.8. The number of amides is 3. The van der Waals surface area contributed by atoms with Crippen LogP contribution < -0.4 is 5.32 Å². The molecule has 0 bridgehead atoms. The number of urea groups is 1. The van der Waals surface area contributed by atoms with Crippen molar-refractivity contribution >= 4 is 12.1 Å². The molecule has 3 saturated heterocycles. The van der Waals surface area contributed by atoms with Crippen LogP contribution in [0.2, 0.25) is 0 Å². The van der Waals surface area contributed by atoms with Gasteiger partial charge in [-0.15, -0.1) is 0 Å². The maximum atomic E-state index is 12.7. The van der Waals surface area contributed by atoms with Crippen molar-refractivity contribution in [3.8, 4) is 0 Å². The highest BCUT2D eigenvalue weighted by Crippen LogP contribution is 2.38. The highest BCUT2D eigenvalue weighted by molar-refractivity contribution is 5.78. The molecule has 2 atom stereocenters. The van der Waals surface area contributed by atoms with E-state index in [9.17, 15) is 9.59 Å². The topological polar surface area (TPSA) is 65.1 Å². The summed E-state index contributed by atoms with van der Waals surface area (Å²) in [6, 6.07) is 1.35. The second kappa shape index (κ2) is 9.55. The molecule has 1 aliphatic carbocycles. The van der Waals surface area contributed by atoms with E-state index in [0.717, 1.165) is 71.1 Å². The maximum absolute atomic E-state index is 12.7. The quantitative estimate of drug-likeness (QED) is 0.711. The largest absolute Gasteiger partial charge is 0.447 e. The van der Waals surface area contributed by atoms with Crippen LogP contribution in [0.3, 0.4) is 0 Å². The number of piperidine rings is 2. The predicted molar refractivity (Wildman–Crippen MR) is 121 cm³/mol. The summed E-state index contributed by atoms with van der Waals surface area (Å²) in [5.74, 6) is 0. The Hall–Kier alpha value is -1.50. The minimum absolute atomic E-state index is 0.0691. The van der Waals surface area contributed by atoms with Crippen LogP contribution in [0, 0.1) is 0 Å². The second-order valence-electron chi connectivity index (χ2n) is 10.4. The van der Waals surface area contributed by atoms with Crippen molar-refractivity contribution in [2.45, 2.75) is 115 Å². The number of carbonyl (C=O) groups excluding carboxylic acids is 2. The van der Waals surface area contributed by atoms with Gasteiger partial charge in [-0.1, -0.05) is 26.2 Å². The van der Waals surface area contributed by atoms with Crippen LogP contribution in [0.25, 0.3) is 0 Å². The first-order valence-corrected chi connectivity index (χ1v) is 12.7. The molecule has 7 heteroatoms. The number of ether oxygens (including phenoxy) is 1. The number of fused-ring (bicyclic) bond motifs is 1. The number of likely N-dealkylation sites (tertiary alicyclic amines) is 2. The Labute approximate surface area is 187 Å². The van der Waals surface area contributed by atoms with Gasteiger partial charge in [0, 0.05) is 37.8 Å². The highest BCUT2D eigenvalue weighted by atomic mass is 16.6. The molecule has 3 aliphatic heterocycles. The molecule has 4 fully saturated rings. The van der Waals surface area contributed by atoms with Crippen molar-refractivity contribution in [3.63, 3.8) is 0 Å². The van der Waals surface area contributed by atoms with Crippen LogP contribution in [0.15, 0.2) is 0 Å². The Kier molecular flexibility index (Phi) is 6.99. The van der Waals surface area contributed by atoms with Crippen molar-refractivity contribution in [1.82, 2.24) is 20.0 Å². The van der Waals surface area contributed by atoms with Gasteiger partial charge in [0.15, 0.2) is 0 Å². The molecule has 31 heavy (non-hydrogen) atoms. The Morgan fingerprint density at radius 1 is 1.10 bits per heavy atom. The molecule has 1 N–H and O–H groups in total.